The van der Waals surface area contributed by atoms with Gasteiger partial charge in [-0.1, -0.05) is 48.5 Å². The summed E-state index contributed by atoms with van der Waals surface area (Å²) in [5, 5.41) is 11.7. The van der Waals surface area contributed by atoms with E-state index in [4.69, 9.17) is 14.2 Å². The van der Waals surface area contributed by atoms with Crippen LogP contribution in [0.15, 0.2) is 48.5 Å². The highest BCUT2D eigenvalue weighted by molar-refractivity contribution is 5.96. The van der Waals surface area contributed by atoms with Crippen LogP contribution < -0.4 is 0 Å². The number of carbonyl (C=O) groups is 1. The first-order valence-corrected chi connectivity index (χ1v) is 11.6. The number of aliphatic hydroxyl groups is 1. The normalized spacial score (nSPS) is 27.1. The van der Waals surface area contributed by atoms with Crippen molar-refractivity contribution in [2.24, 2.45) is 5.92 Å². The second-order valence-corrected chi connectivity index (χ2v) is 9.38. The Labute approximate surface area is 189 Å². The number of esters is 1. The minimum Gasteiger partial charge on any atom is -0.453 e. The number of piperidine rings is 3. The first-order valence-electron chi connectivity index (χ1n) is 11.6. The molecule has 2 aromatic rings. The van der Waals surface area contributed by atoms with Gasteiger partial charge in [-0.15, -0.1) is 0 Å². The molecule has 2 bridgehead atoms. The van der Waals surface area contributed by atoms with E-state index in [2.05, 4.69) is 0 Å². The number of benzene rings is 2. The standard InChI is InChI=1S/C26H32NO5/c1-30-16-17-31-15-14-27-12-10-19(11-13-27)24(18-27)32-25(28)26(29)22-8-4-2-6-20(22)21-7-3-5-9-23(21)26/h2-9,19,24,29H,10-18H2,1H3/q+1/t19?,24-,27?/m0/s1. The molecule has 3 aliphatic heterocycles. The Morgan fingerprint density at radius 2 is 1.62 bits per heavy atom. The van der Waals surface area contributed by atoms with Gasteiger partial charge in [-0.25, -0.2) is 4.79 Å². The van der Waals surface area contributed by atoms with Crippen LogP contribution in [0.4, 0.5) is 0 Å². The maximum Gasteiger partial charge on any atom is 0.348 e. The molecule has 3 heterocycles. The molecule has 0 amide bonds. The molecule has 1 aliphatic carbocycles. The third kappa shape index (κ3) is 3.55. The molecule has 32 heavy (non-hydrogen) atoms. The van der Waals surface area contributed by atoms with Crippen molar-refractivity contribution in [3.63, 3.8) is 0 Å². The van der Waals surface area contributed by atoms with Crippen molar-refractivity contribution in [2.45, 2.75) is 24.5 Å². The zero-order valence-electron chi connectivity index (χ0n) is 18.7. The molecule has 6 rings (SSSR count). The highest BCUT2D eigenvalue weighted by Gasteiger charge is 2.53. The molecule has 0 spiro atoms. The number of fused-ring (bicyclic) bond motifs is 6. The van der Waals surface area contributed by atoms with Gasteiger partial charge in [0.1, 0.15) is 13.1 Å². The summed E-state index contributed by atoms with van der Waals surface area (Å²) in [5.41, 5.74) is 1.26. The first-order chi connectivity index (χ1) is 15.6. The lowest BCUT2D eigenvalue weighted by Crippen LogP contribution is -2.65. The smallest absolute Gasteiger partial charge is 0.348 e. The fourth-order valence-corrected chi connectivity index (χ4v) is 5.83. The molecule has 0 unspecified atom stereocenters. The van der Waals surface area contributed by atoms with Gasteiger partial charge in [0, 0.05) is 37.0 Å². The summed E-state index contributed by atoms with van der Waals surface area (Å²) in [6, 6.07) is 15.2. The van der Waals surface area contributed by atoms with E-state index in [0.29, 0.717) is 36.9 Å². The fourth-order valence-electron chi connectivity index (χ4n) is 5.83. The highest BCUT2D eigenvalue weighted by atomic mass is 16.6. The number of methoxy groups -OCH3 is 1. The van der Waals surface area contributed by atoms with E-state index >= 15 is 0 Å². The molecular weight excluding hydrogens is 406 g/mol. The van der Waals surface area contributed by atoms with Gasteiger partial charge >= 0.3 is 5.97 Å². The van der Waals surface area contributed by atoms with Crippen molar-refractivity contribution >= 4 is 5.97 Å². The van der Waals surface area contributed by atoms with E-state index in [1.807, 2.05) is 48.5 Å². The summed E-state index contributed by atoms with van der Waals surface area (Å²) in [4.78, 5) is 13.6. The summed E-state index contributed by atoms with van der Waals surface area (Å²) < 4.78 is 17.8. The molecule has 3 fully saturated rings. The van der Waals surface area contributed by atoms with Crippen LogP contribution in [0, 0.1) is 5.92 Å². The van der Waals surface area contributed by atoms with Gasteiger partial charge < -0.3 is 23.8 Å². The molecule has 4 aliphatic rings. The molecule has 0 saturated carbocycles. The summed E-state index contributed by atoms with van der Waals surface area (Å²) in [7, 11) is 1.68. The van der Waals surface area contributed by atoms with Crippen molar-refractivity contribution in [1.29, 1.82) is 0 Å². The molecule has 1 N–H and O–H groups in total. The lowest BCUT2D eigenvalue weighted by Gasteiger charge is -2.52. The minimum atomic E-state index is -1.76. The van der Waals surface area contributed by atoms with Gasteiger partial charge in [0.05, 0.1) is 32.9 Å². The maximum atomic E-state index is 13.6. The van der Waals surface area contributed by atoms with Crippen molar-refractivity contribution < 1.29 is 28.6 Å². The summed E-state index contributed by atoms with van der Waals surface area (Å²) in [6.07, 6.45) is 1.91. The van der Waals surface area contributed by atoms with Crippen LogP contribution in [0.5, 0.6) is 0 Å². The largest absolute Gasteiger partial charge is 0.453 e. The lowest BCUT2D eigenvalue weighted by molar-refractivity contribution is -0.946. The minimum absolute atomic E-state index is 0.173. The molecule has 0 radical (unpaired) electrons. The number of hydrogen-bond acceptors (Lipinski definition) is 5. The Kier molecular flexibility index (Phi) is 5.80. The predicted molar refractivity (Wildman–Crippen MR) is 120 cm³/mol. The van der Waals surface area contributed by atoms with Crippen LogP contribution in [-0.2, 0) is 24.6 Å². The predicted octanol–water partition coefficient (Wildman–Crippen LogP) is 2.72. The van der Waals surface area contributed by atoms with Crippen molar-refractivity contribution in [3.05, 3.63) is 59.7 Å². The Morgan fingerprint density at radius 3 is 2.25 bits per heavy atom. The molecule has 0 aromatic heterocycles. The highest BCUT2D eigenvalue weighted by Crippen LogP contribution is 2.48. The van der Waals surface area contributed by atoms with Crippen LogP contribution in [-0.4, -0.2) is 74.8 Å². The molecule has 1 atom stereocenters. The van der Waals surface area contributed by atoms with E-state index in [9.17, 15) is 9.90 Å². The van der Waals surface area contributed by atoms with E-state index in [0.717, 1.165) is 54.6 Å². The lowest BCUT2D eigenvalue weighted by atomic mass is 9.83. The third-order valence-electron chi connectivity index (χ3n) is 7.66. The quantitative estimate of drug-likeness (QED) is 0.390. The van der Waals surface area contributed by atoms with Crippen LogP contribution in [0.1, 0.15) is 24.0 Å². The van der Waals surface area contributed by atoms with E-state index in [1.54, 1.807) is 7.11 Å². The molecular formula is C26H32NO5+. The average molecular weight is 439 g/mol. The topological polar surface area (TPSA) is 65.0 Å². The van der Waals surface area contributed by atoms with Crippen LogP contribution in [0.25, 0.3) is 11.1 Å². The average Bonchev–Trinajstić information content (AvgIpc) is 3.10. The van der Waals surface area contributed by atoms with Crippen LogP contribution in [0.3, 0.4) is 0 Å². The SMILES string of the molecule is COCCOCC[N+]12CCC(CC1)[C@@H](OC(=O)C1(O)c3ccccc3-c3ccccc31)C2. The van der Waals surface area contributed by atoms with Crippen molar-refractivity contribution in [2.75, 3.05) is 53.1 Å². The van der Waals surface area contributed by atoms with Gasteiger partial charge in [0.25, 0.3) is 0 Å². The van der Waals surface area contributed by atoms with Crippen LogP contribution in [0.2, 0.25) is 0 Å². The summed E-state index contributed by atoms with van der Waals surface area (Å²) >= 11 is 0. The Bertz CT molecular complexity index is 936. The molecule has 2 aromatic carbocycles. The molecule has 3 saturated heterocycles. The number of nitrogens with zero attached hydrogens (tertiary/aromatic N) is 1. The van der Waals surface area contributed by atoms with Gasteiger partial charge in [0.2, 0.25) is 5.60 Å². The van der Waals surface area contributed by atoms with Crippen molar-refractivity contribution in [3.8, 4) is 11.1 Å². The number of carbonyl (C=O) groups excluding carboxylic acids is 1. The molecule has 6 heteroatoms. The number of hydrogen-bond donors (Lipinski definition) is 1. The van der Waals surface area contributed by atoms with Gasteiger partial charge in [-0.05, 0) is 11.1 Å². The van der Waals surface area contributed by atoms with Gasteiger partial charge in [0.15, 0.2) is 6.10 Å². The molecule has 6 nitrogen and oxygen atoms in total. The maximum absolute atomic E-state index is 13.6. The monoisotopic (exact) mass is 438 g/mol. The van der Waals surface area contributed by atoms with E-state index in [1.165, 1.54) is 0 Å². The zero-order valence-corrected chi connectivity index (χ0v) is 18.7. The Morgan fingerprint density at radius 1 is 1.00 bits per heavy atom. The Balaban J connectivity index is 1.33. The molecule has 170 valence electrons. The Hall–Kier alpha value is -2.25. The number of quaternary nitrogens is 1. The summed E-state index contributed by atoms with van der Waals surface area (Å²) in [5.74, 6) is -0.188. The van der Waals surface area contributed by atoms with Crippen molar-refractivity contribution in [1.82, 2.24) is 0 Å². The fraction of sp³-hybridized carbons (Fsp3) is 0.500. The van der Waals surface area contributed by atoms with Gasteiger partial charge in [-0.2, -0.15) is 0 Å². The van der Waals surface area contributed by atoms with Gasteiger partial charge in [-0.3, -0.25) is 0 Å². The van der Waals surface area contributed by atoms with Crippen LogP contribution >= 0.6 is 0 Å². The summed E-state index contributed by atoms with van der Waals surface area (Å²) in [6.45, 7) is 5.79. The number of rotatable bonds is 8. The van der Waals surface area contributed by atoms with E-state index in [-0.39, 0.29) is 6.10 Å². The second kappa shape index (κ2) is 8.60. The first kappa shape index (κ1) is 21.6. The third-order valence-corrected chi connectivity index (χ3v) is 7.66. The number of ether oxygens (including phenoxy) is 3. The van der Waals surface area contributed by atoms with E-state index < -0.39 is 11.6 Å². The second-order valence-electron chi connectivity index (χ2n) is 9.38. The zero-order chi connectivity index (χ0) is 22.2.